The Labute approximate surface area is 205 Å². The molecule has 0 saturated heterocycles. The molecule has 3 aromatic rings. The van der Waals surface area contributed by atoms with E-state index in [4.69, 9.17) is 9.47 Å². The lowest BCUT2D eigenvalue weighted by atomic mass is 10.0. The fourth-order valence-electron chi connectivity index (χ4n) is 3.23. The van der Waals surface area contributed by atoms with E-state index in [1.807, 2.05) is 44.3 Å². The van der Waals surface area contributed by atoms with E-state index in [1.54, 1.807) is 12.1 Å². The number of hydrogen-bond donors (Lipinski definition) is 4. The first kappa shape index (κ1) is 25.1. The first-order valence-electron chi connectivity index (χ1n) is 10.7. The predicted octanol–water partition coefficient (Wildman–Crippen LogP) is 4.09. The summed E-state index contributed by atoms with van der Waals surface area (Å²) in [7, 11) is 1.43. The average molecular weight is 531 g/mol. The first-order valence-corrected chi connectivity index (χ1v) is 11.5. The molecule has 0 aliphatic heterocycles. The number of amides is 2. The van der Waals surface area contributed by atoms with Gasteiger partial charge in [-0.3, -0.25) is 4.79 Å². The number of aromatic amines is 1. The van der Waals surface area contributed by atoms with Crippen LogP contribution in [0.1, 0.15) is 25.0 Å². The van der Waals surface area contributed by atoms with Crippen LogP contribution in [-0.2, 0) is 16.0 Å². The molecular formula is C24H27BrN4O5. The normalized spacial score (nSPS) is 12.1. The van der Waals surface area contributed by atoms with Crippen molar-refractivity contribution in [3.05, 3.63) is 58.2 Å². The van der Waals surface area contributed by atoms with Crippen LogP contribution >= 0.6 is 15.9 Å². The number of aromatic hydroxyl groups is 1. The number of carbonyl (C=O) groups excluding carboxylic acids is 2. The minimum Gasteiger partial charge on any atom is -0.503 e. The smallest absolute Gasteiger partial charge is 0.407 e. The molecule has 3 rings (SSSR count). The van der Waals surface area contributed by atoms with Crippen LogP contribution in [0.25, 0.3) is 10.9 Å². The number of phenols is 1. The van der Waals surface area contributed by atoms with Gasteiger partial charge in [0.2, 0.25) is 0 Å². The van der Waals surface area contributed by atoms with Gasteiger partial charge in [0.25, 0.3) is 5.91 Å². The van der Waals surface area contributed by atoms with Crippen LogP contribution in [0.5, 0.6) is 11.5 Å². The molecule has 1 heterocycles. The Hall–Kier alpha value is -3.53. The second-order valence-corrected chi connectivity index (χ2v) is 8.90. The number of rotatable bonds is 9. The summed E-state index contributed by atoms with van der Waals surface area (Å²) in [6, 6.07) is 9.98. The summed E-state index contributed by atoms with van der Waals surface area (Å²) in [5.41, 5.74) is 4.85. The number of carbonyl (C=O) groups is 2. The lowest BCUT2D eigenvalue weighted by molar-refractivity contribution is -0.123. The third kappa shape index (κ3) is 6.50. The molecule has 0 fully saturated rings. The largest absolute Gasteiger partial charge is 0.503 e. The van der Waals surface area contributed by atoms with Crippen LogP contribution in [0, 0.1) is 5.92 Å². The van der Waals surface area contributed by atoms with Gasteiger partial charge in [0.1, 0.15) is 6.04 Å². The SMILES string of the molecule is COc1cc(/C=N\NC(=O)[C@@H](Cc2c[nH]c3ccccc23)NC(=O)OCC(C)C)cc(Br)c1O. The molecule has 2 aromatic carbocycles. The van der Waals surface area contributed by atoms with Crippen molar-refractivity contribution < 1.29 is 24.2 Å². The van der Waals surface area contributed by atoms with Gasteiger partial charge in [0, 0.05) is 23.5 Å². The summed E-state index contributed by atoms with van der Waals surface area (Å²) in [5.74, 6) is -0.119. The number of ether oxygens (including phenoxy) is 2. The molecule has 0 bridgehead atoms. The van der Waals surface area contributed by atoms with Gasteiger partial charge >= 0.3 is 6.09 Å². The van der Waals surface area contributed by atoms with Gasteiger partial charge in [0.15, 0.2) is 11.5 Å². The number of halogens is 1. The van der Waals surface area contributed by atoms with E-state index in [0.29, 0.717) is 10.0 Å². The fourth-order valence-corrected chi connectivity index (χ4v) is 3.69. The highest BCUT2D eigenvalue weighted by atomic mass is 79.9. The molecule has 0 aliphatic rings. The summed E-state index contributed by atoms with van der Waals surface area (Å²) < 4.78 is 10.7. The van der Waals surface area contributed by atoms with E-state index >= 15 is 0 Å². The molecule has 1 aromatic heterocycles. The Morgan fingerprint density at radius 2 is 2.03 bits per heavy atom. The maximum Gasteiger partial charge on any atom is 0.407 e. The van der Waals surface area contributed by atoms with Crippen LogP contribution in [0.2, 0.25) is 0 Å². The maximum atomic E-state index is 12.9. The standard InChI is InChI=1S/C24H27BrN4O5/c1-14(2)13-34-24(32)28-20(10-16-12-26-19-7-5-4-6-17(16)19)23(31)29-27-11-15-8-18(25)22(30)21(9-15)33-3/h4-9,11-12,14,20,26,30H,10,13H2,1-3H3,(H,28,32)(H,29,31)/b27-11-/t20-/m1/s1. The zero-order valence-corrected chi connectivity index (χ0v) is 20.7. The minimum absolute atomic E-state index is 0.0356. The fraction of sp³-hybridized carbons (Fsp3) is 0.292. The van der Waals surface area contributed by atoms with Crippen molar-refractivity contribution in [1.29, 1.82) is 0 Å². The minimum atomic E-state index is -0.919. The lowest BCUT2D eigenvalue weighted by Gasteiger charge is -2.17. The third-order valence-electron chi connectivity index (χ3n) is 4.91. The monoisotopic (exact) mass is 530 g/mol. The number of fused-ring (bicyclic) bond motifs is 1. The van der Waals surface area contributed by atoms with Crippen molar-refractivity contribution in [3.8, 4) is 11.5 Å². The van der Waals surface area contributed by atoms with Crippen molar-refractivity contribution in [1.82, 2.24) is 15.7 Å². The van der Waals surface area contributed by atoms with Gasteiger partial charge in [-0.2, -0.15) is 5.10 Å². The highest BCUT2D eigenvalue weighted by molar-refractivity contribution is 9.10. The maximum absolute atomic E-state index is 12.9. The molecule has 0 spiro atoms. The zero-order chi connectivity index (χ0) is 24.7. The average Bonchev–Trinajstić information content (AvgIpc) is 3.22. The van der Waals surface area contributed by atoms with Crippen LogP contribution in [0.15, 0.2) is 52.2 Å². The van der Waals surface area contributed by atoms with E-state index in [0.717, 1.165) is 16.5 Å². The summed E-state index contributed by atoms with van der Waals surface area (Å²) in [6.45, 7) is 4.09. The Bertz CT molecular complexity index is 1190. The molecule has 10 heteroatoms. The van der Waals surface area contributed by atoms with Gasteiger partial charge in [0.05, 0.1) is 24.4 Å². The summed E-state index contributed by atoms with van der Waals surface area (Å²) in [5, 5.41) is 17.5. The molecule has 34 heavy (non-hydrogen) atoms. The van der Waals surface area contributed by atoms with Crippen molar-refractivity contribution in [2.45, 2.75) is 26.3 Å². The van der Waals surface area contributed by atoms with Gasteiger partial charge < -0.3 is 24.9 Å². The van der Waals surface area contributed by atoms with E-state index in [1.165, 1.54) is 13.3 Å². The molecule has 0 saturated carbocycles. The van der Waals surface area contributed by atoms with Gasteiger partial charge in [-0.05, 0) is 51.2 Å². The molecule has 0 unspecified atom stereocenters. The van der Waals surface area contributed by atoms with Crippen molar-refractivity contribution >= 4 is 45.0 Å². The number of phenolic OH excluding ortho intramolecular Hbond substituents is 1. The number of alkyl carbamates (subject to hydrolysis) is 1. The number of nitrogens with one attached hydrogen (secondary N) is 3. The van der Waals surface area contributed by atoms with Gasteiger partial charge in [-0.1, -0.05) is 32.0 Å². The van der Waals surface area contributed by atoms with E-state index < -0.39 is 18.0 Å². The molecule has 4 N–H and O–H groups in total. The zero-order valence-electron chi connectivity index (χ0n) is 19.1. The number of hydrogen-bond acceptors (Lipinski definition) is 6. The number of para-hydroxylation sites is 1. The molecule has 1 atom stereocenters. The van der Waals surface area contributed by atoms with Crippen molar-refractivity contribution in [3.63, 3.8) is 0 Å². The number of nitrogens with zero attached hydrogens (tertiary/aromatic N) is 1. The Kier molecular flexibility index (Phi) is 8.53. The quantitative estimate of drug-likeness (QED) is 0.245. The third-order valence-corrected chi connectivity index (χ3v) is 5.52. The van der Waals surface area contributed by atoms with Crippen LogP contribution in [0.3, 0.4) is 0 Å². The molecular weight excluding hydrogens is 504 g/mol. The number of aromatic nitrogens is 1. The lowest BCUT2D eigenvalue weighted by Crippen LogP contribution is -2.47. The second kappa shape index (κ2) is 11.6. The predicted molar refractivity (Wildman–Crippen MR) is 133 cm³/mol. The molecule has 180 valence electrons. The molecule has 9 nitrogen and oxygen atoms in total. The van der Waals surface area contributed by atoms with Crippen LogP contribution < -0.4 is 15.5 Å². The van der Waals surface area contributed by atoms with Crippen LogP contribution in [-0.4, -0.2) is 48.1 Å². The first-order chi connectivity index (χ1) is 16.3. The molecule has 0 radical (unpaired) electrons. The highest BCUT2D eigenvalue weighted by Gasteiger charge is 2.23. The van der Waals surface area contributed by atoms with Gasteiger partial charge in [-0.15, -0.1) is 0 Å². The van der Waals surface area contributed by atoms with E-state index in [-0.39, 0.29) is 30.4 Å². The summed E-state index contributed by atoms with van der Waals surface area (Å²) in [4.78, 5) is 28.4. The number of hydrazone groups is 1. The van der Waals surface area contributed by atoms with Gasteiger partial charge in [-0.25, -0.2) is 10.2 Å². The molecule has 0 aliphatic carbocycles. The number of benzene rings is 2. The Balaban J connectivity index is 1.75. The number of H-pyrrole nitrogens is 1. The molecule has 2 amide bonds. The Morgan fingerprint density at radius 1 is 1.26 bits per heavy atom. The summed E-state index contributed by atoms with van der Waals surface area (Å²) >= 11 is 3.24. The topological polar surface area (TPSA) is 125 Å². The highest BCUT2D eigenvalue weighted by Crippen LogP contribution is 2.34. The van der Waals surface area contributed by atoms with E-state index in [9.17, 15) is 14.7 Å². The van der Waals surface area contributed by atoms with Crippen molar-refractivity contribution in [2.24, 2.45) is 11.0 Å². The number of methoxy groups -OCH3 is 1. The van der Waals surface area contributed by atoms with E-state index in [2.05, 4.69) is 36.8 Å². The van der Waals surface area contributed by atoms with Crippen molar-refractivity contribution in [2.75, 3.05) is 13.7 Å². The summed E-state index contributed by atoms with van der Waals surface area (Å²) in [6.07, 6.45) is 2.78. The second-order valence-electron chi connectivity index (χ2n) is 8.04. The van der Waals surface area contributed by atoms with Crippen LogP contribution in [0.4, 0.5) is 4.79 Å². The Morgan fingerprint density at radius 3 is 2.76 bits per heavy atom.